The van der Waals surface area contributed by atoms with Gasteiger partial charge in [0.15, 0.2) is 0 Å². The minimum Gasteiger partial charge on any atom is -0.474 e. The van der Waals surface area contributed by atoms with Gasteiger partial charge in [-0.25, -0.2) is 10.8 Å². The van der Waals surface area contributed by atoms with E-state index in [1.807, 2.05) is 6.92 Å². The topological polar surface area (TPSA) is 73.1 Å². The van der Waals surface area contributed by atoms with E-state index in [2.05, 4.69) is 43.1 Å². The van der Waals surface area contributed by atoms with Crippen molar-refractivity contribution in [1.82, 2.24) is 9.97 Å². The molecular formula is C16H28N4O. The van der Waals surface area contributed by atoms with Gasteiger partial charge in [0.25, 0.3) is 0 Å². The summed E-state index contributed by atoms with van der Waals surface area (Å²) >= 11 is 0. The molecule has 0 radical (unpaired) electrons. The molecule has 2 unspecified atom stereocenters. The Labute approximate surface area is 127 Å². The second-order valence-electron chi connectivity index (χ2n) is 6.82. The zero-order valence-electron chi connectivity index (χ0n) is 13.8. The van der Waals surface area contributed by atoms with Crippen LogP contribution in [0.25, 0.3) is 0 Å². The summed E-state index contributed by atoms with van der Waals surface area (Å²) in [6, 6.07) is 0. The van der Waals surface area contributed by atoms with Crippen molar-refractivity contribution in [2.45, 2.75) is 65.9 Å². The van der Waals surface area contributed by atoms with Crippen LogP contribution in [0.15, 0.2) is 0 Å². The molecular weight excluding hydrogens is 264 g/mol. The molecule has 1 saturated carbocycles. The van der Waals surface area contributed by atoms with Gasteiger partial charge in [-0.15, -0.1) is 0 Å². The highest BCUT2D eigenvalue weighted by atomic mass is 16.5. The number of anilines is 1. The zero-order chi connectivity index (χ0) is 15.6. The van der Waals surface area contributed by atoms with Crippen LogP contribution < -0.4 is 16.0 Å². The summed E-state index contributed by atoms with van der Waals surface area (Å²) in [5.74, 6) is 9.31. The highest BCUT2D eigenvalue weighted by molar-refractivity contribution is 5.47. The third-order valence-electron chi connectivity index (χ3n) is 4.19. The Kier molecular flexibility index (Phi) is 5.04. The third kappa shape index (κ3) is 3.84. The molecule has 0 spiro atoms. The van der Waals surface area contributed by atoms with Gasteiger partial charge >= 0.3 is 0 Å². The number of hydrogen-bond acceptors (Lipinski definition) is 5. The standard InChI is InChI=1S/C16H28N4O/c1-9(2)14-18-15(20-17)12(5)16(19-14)21-13-7-10(3)6-11(4)8-13/h9-11,13H,6-8,17H2,1-5H3,(H,18,19,20). The summed E-state index contributed by atoms with van der Waals surface area (Å²) in [5.41, 5.74) is 3.54. The number of nitrogens with two attached hydrogens (primary N) is 1. The van der Waals surface area contributed by atoms with E-state index >= 15 is 0 Å². The predicted octanol–water partition coefficient (Wildman–Crippen LogP) is 3.40. The lowest BCUT2D eigenvalue weighted by Gasteiger charge is -2.31. The summed E-state index contributed by atoms with van der Waals surface area (Å²) in [6.07, 6.45) is 3.71. The first kappa shape index (κ1) is 16.0. The van der Waals surface area contributed by atoms with Crippen LogP contribution in [-0.4, -0.2) is 16.1 Å². The van der Waals surface area contributed by atoms with Crippen molar-refractivity contribution in [3.8, 4) is 5.88 Å². The van der Waals surface area contributed by atoms with Crippen LogP contribution >= 0.6 is 0 Å². The smallest absolute Gasteiger partial charge is 0.222 e. The maximum Gasteiger partial charge on any atom is 0.222 e. The van der Waals surface area contributed by atoms with E-state index in [9.17, 15) is 0 Å². The Morgan fingerprint density at radius 2 is 1.76 bits per heavy atom. The van der Waals surface area contributed by atoms with Gasteiger partial charge in [0, 0.05) is 5.92 Å². The SMILES string of the molecule is Cc1c(NN)nc(C(C)C)nc1OC1CC(C)CC(C)C1. The molecule has 0 amide bonds. The molecule has 1 aromatic rings. The fourth-order valence-electron chi connectivity index (χ4n) is 3.15. The number of rotatable bonds is 4. The Hall–Kier alpha value is -1.36. The molecule has 21 heavy (non-hydrogen) atoms. The average molecular weight is 292 g/mol. The van der Waals surface area contributed by atoms with Gasteiger partial charge in [-0.2, -0.15) is 4.98 Å². The van der Waals surface area contributed by atoms with Crippen molar-refractivity contribution >= 4 is 5.82 Å². The van der Waals surface area contributed by atoms with Crippen molar-refractivity contribution in [2.75, 3.05) is 5.43 Å². The summed E-state index contributed by atoms with van der Waals surface area (Å²) in [7, 11) is 0. The second-order valence-corrected chi connectivity index (χ2v) is 6.82. The van der Waals surface area contributed by atoms with Crippen molar-refractivity contribution in [1.29, 1.82) is 0 Å². The van der Waals surface area contributed by atoms with Crippen molar-refractivity contribution in [2.24, 2.45) is 17.7 Å². The normalized spacial score (nSPS) is 26.0. The Morgan fingerprint density at radius 3 is 2.29 bits per heavy atom. The fraction of sp³-hybridized carbons (Fsp3) is 0.750. The van der Waals surface area contributed by atoms with Crippen LogP contribution in [0.1, 0.15) is 64.3 Å². The number of aromatic nitrogens is 2. The molecule has 1 aliphatic rings. The van der Waals surface area contributed by atoms with Gasteiger partial charge in [-0.3, -0.25) is 0 Å². The van der Waals surface area contributed by atoms with Crippen molar-refractivity contribution in [3.63, 3.8) is 0 Å². The van der Waals surface area contributed by atoms with Crippen LogP contribution in [0.4, 0.5) is 5.82 Å². The summed E-state index contributed by atoms with van der Waals surface area (Å²) < 4.78 is 6.21. The Balaban J connectivity index is 2.24. The number of ether oxygens (including phenoxy) is 1. The van der Waals surface area contributed by atoms with E-state index in [-0.39, 0.29) is 12.0 Å². The summed E-state index contributed by atoms with van der Waals surface area (Å²) in [6.45, 7) is 10.7. The number of hydrogen-bond donors (Lipinski definition) is 2. The Bertz CT molecular complexity index is 479. The lowest BCUT2D eigenvalue weighted by atomic mass is 9.82. The van der Waals surface area contributed by atoms with E-state index in [4.69, 9.17) is 10.6 Å². The predicted molar refractivity (Wildman–Crippen MR) is 85.3 cm³/mol. The Morgan fingerprint density at radius 1 is 1.14 bits per heavy atom. The van der Waals surface area contributed by atoms with Crippen LogP contribution in [0, 0.1) is 18.8 Å². The number of nitrogen functional groups attached to an aromatic ring is 1. The zero-order valence-corrected chi connectivity index (χ0v) is 13.8. The summed E-state index contributed by atoms with van der Waals surface area (Å²) in [5, 5.41) is 0. The maximum absolute atomic E-state index is 6.21. The minimum absolute atomic E-state index is 0.239. The highest BCUT2D eigenvalue weighted by Crippen LogP contribution is 2.33. The summed E-state index contributed by atoms with van der Waals surface area (Å²) in [4.78, 5) is 9.04. The lowest BCUT2D eigenvalue weighted by Crippen LogP contribution is -2.29. The van der Waals surface area contributed by atoms with Crippen LogP contribution in [-0.2, 0) is 0 Å². The van der Waals surface area contributed by atoms with Crippen LogP contribution in [0.5, 0.6) is 5.88 Å². The van der Waals surface area contributed by atoms with Crippen LogP contribution in [0.2, 0.25) is 0 Å². The van der Waals surface area contributed by atoms with Gasteiger partial charge in [-0.05, 0) is 38.0 Å². The molecule has 0 saturated heterocycles. The van der Waals surface area contributed by atoms with Crippen molar-refractivity contribution < 1.29 is 4.74 Å². The van der Waals surface area contributed by atoms with Gasteiger partial charge in [0.2, 0.25) is 5.88 Å². The minimum atomic E-state index is 0.239. The molecule has 1 aliphatic carbocycles. The van der Waals surface area contributed by atoms with Gasteiger partial charge in [0.1, 0.15) is 17.7 Å². The molecule has 118 valence electrons. The lowest BCUT2D eigenvalue weighted by molar-refractivity contribution is 0.0956. The second kappa shape index (κ2) is 6.60. The quantitative estimate of drug-likeness (QED) is 0.657. The van der Waals surface area contributed by atoms with Crippen molar-refractivity contribution in [3.05, 3.63) is 11.4 Å². The average Bonchev–Trinajstić information content (AvgIpc) is 2.39. The monoisotopic (exact) mass is 292 g/mol. The number of nitrogens with one attached hydrogen (secondary N) is 1. The molecule has 5 heteroatoms. The molecule has 0 aliphatic heterocycles. The van der Waals surface area contributed by atoms with Gasteiger partial charge in [-0.1, -0.05) is 27.7 Å². The van der Waals surface area contributed by atoms with E-state index in [1.165, 1.54) is 6.42 Å². The first-order valence-corrected chi connectivity index (χ1v) is 7.92. The van der Waals surface area contributed by atoms with Gasteiger partial charge in [0.05, 0.1) is 5.56 Å². The number of nitrogens with zero attached hydrogens (tertiary/aromatic N) is 2. The molecule has 0 bridgehead atoms. The van der Waals surface area contributed by atoms with Crippen LogP contribution in [0.3, 0.4) is 0 Å². The first-order chi connectivity index (χ1) is 9.90. The largest absolute Gasteiger partial charge is 0.474 e. The molecule has 1 fully saturated rings. The van der Waals surface area contributed by atoms with E-state index in [0.717, 1.165) is 24.2 Å². The fourth-order valence-corrected chi connectivity index (χ4v) is 3.15. The molecule has 5 nitrogen and oxygen atoms in total. The first-order valence-electron chi connectivity index (χ1n) is 7.92. The molecule has 3 N–H and O–H groups in total. The number of hydrazine groups is 1. The molecule has 2 rings (SSSR count). The van der Waals surface area contributed by atoms with E-state index < -0.39 is 0 Å². The third-order valence-corrected chi connectivity index (χ3v) is 4.19. The highest BCUT2D eigenvalue weighted by Gasteiger charge is 2.26. The maximum atomic E-state index is 6.21. The molecule has 1 aromatic heterocycles. The molecule has 1 heterocycles. The van der Waals surface area contributed by atoms with E-state index in [0.29, 0.717) is 23.5 Å². The molecule has 2 atom stereocenters. The van der Waals surface area contributed by atoms with E-state index in [1.54, 1.807) is 0 Å². The molecule has 0 aromatic carbocycles. The van der Waals surface area contributed by atoms with Gasteiger partial charge < -0.3 is 10.2 Å².